The summed E-state index contributed by atoms with van der Waals surface area (Å²) in [7, 11) is 0. The number of aromatic nitrogens is 3. The number of rotatable bonds is 5. The summed E-state index contributed by atoms with van der Waals surface area (Å²) in [4.78, 5) is 15.6. The SMILES string of the molecule is C[C@@H]1C[C@@H]2C[C@H](C)CC(c3ccc(-c4nc(-c5cccc(-c6ccccc6)c5)nc(-c5cc6ccccc6c6c(C#N)cccc56)n4)cc3)(C1)C2. The first-order valence-electron chi connectivity index (χ1n) is 18.3. The minimum absolute atomic E-state index is 0.258. The van der Waals surface area contributed by atoms with E-state index in [0.717, 1.165) is 67.1 Å². The van der Waals surface area contributed by atoms with Crippen LogP contribution in [0.2, 0.25) is 0 Å². The molecule has 0 saturated heterocycles. The maximum Gasteiger partial charge on any atom is 0.164 e. The molecule has 2 saturated carbocycles. The first-order chi connectivity index (χ1) is 25.0. The van der Waals surface area contributed by atoms with Crippen molar-refractivity contribution in [2.24, 2.45) is 17.8 Å². The molecule has 0 aliphatic heterocycles. The molecule has 0 radical (unpaired) electrons. The number of hydrogen-bond acceptors (Lipinski definition) is 4. The lowest BCUT2D eigenvalue weighted by Crippen LogP contribution is -2.42. The summed E-state index contributed by atoms with van der Waals surface area (Å²) in [6, 6.07) is 46.8. The predicted octanol–water partition coefficient (Wildman–Crippen LogP) is 11.8. The van der Waals surface area contributed by atoms with Gasteiger partial charge in [-0.1, -0.05) is 123 Å². The summed E-state index contributed by atoms with van der Waals surface area (Å²) >= 11 is 0. The summed E-state index contributed by atoms with van der Waals surface area (Å²) in [6.45, 7) is 4.89. The Kier molecular flexibility index (Phi) is 7.73. The first kappa shape index (κ1) is 31.3. The minimum Gasteiger partial charge on any atom is -0.208 e. The van der Waals surface area contributed by atoms with Gasteiger partial charge in [-0.25, -0.2) is 15.0 Å². The molecule has 7 aromatic rings. The normalized spacial score (nSPS) is 21.4. The van der Waals surface area contributed by atoms with Crippen molar-refractivity contribution in [1.29, 1.82) is 5.26 Å². The van der Waals surface area contributed by atoms with Gasteiger partial charge in [-0.2, -0.15) is 5.26 Å². The third kappa shape index (κ3) is 5.68. The quantitative estimate of drug-likeness (QED) is 0.172. The number of nitriles is 1. The first-order valence-corrected chi connectivity index (χ1v) is 18.3. The highest BCUT2D eigenvalue weighted by molar-refractivity contribution is 6.15. The molecule has 2 aliphatic rings. The van der Waals surface area contributed by atoms with Crippen LogP contribution in [0.25, 0.3) is 66.8 Å². The number of hydrogen-bond donors (Lipinski definition) is 0. The van der Waals surface area contributed by atoms with Gasteiger partial charge in [-0.05, 0) is 106 Å². The van der Waals surface area contributed by atoms with Crippen LogP contribution in [-0.2, 0) is 5.41 Å². The summed E-state index contributed by atoms with van der Waals surface area (Å²) < 4.78 is 0. The van der Waals surface area contributed by atoms with Crippen molar-refractivity contribution in [3.8, 4) is 51.4 Å². The van der Waals surface area contributed by atoms with Gasteiger partial charge >= 0.3 is 0 Å². The molecule has 2 fully saturated rings. The van der Waals surface area contributed by atoms with Gasteiger partial charge in [0.15, 0.2) is 17.5 Å². The second kappa shape index (κ2) is 12.6. The molecule has 2 bridgehead atoms. The van der Waals surface area contributed by atoms with Crippen LogP contribution < -0.4 is 0 Å². The molecule has 4 nitrogen and oxygen atoms in total. The third-order valence-electron chi connectivity index (χ3n) is 11.5. The summed E-state index contributed by atoms with van der Waals surface area (Å²) in [5, 5.41) is 14.1. The lowest BCUT2D eigenvalue weighted by atomic mass is 9.54. The van der Waals surface area contributed by atoms with Crippen LogP contribution in [-0.4, -0.2) is 15.0 Å². The second-order valence-electron chi connectivity index (χ2n) is 15.3. The average Bonchev–Trinajstić information content (AvgIpc) is 3.17. The molecule has 51 heavy (non-hydrogen) atoms. The molecule has 6 aromatic carbocycles. The zero-order valence-corrected chi connectivity index (χ0v) is 29.2. The Bertz CT molecular complexity index is 2440. The smallest absolute Gasteiger partial charge is 0.164 e. The molecule has 0 N–H and O–H groups in total. The fourth-order valence-electron chi connectivity index (χ4n) is 9.68. The van der Waals surface area contributed by atoms with Gasteiger partial charge in [0.25, 0.3) is 0 Å². The molecule has 4 heteroatoms. The van der Waals surface area contributed by atoms with Crippen molar-refractivity contribution in [2.45, 2.75) is 51.4 Å². The van der Waals surface area contributed by atoms with Crippen LogP contribution in [0.15, 0.2) is 127 Å². The number of benzene rings is 6. The Morgan fingerprint density at radius 2 is 1.20 bits per heavy atom. The third-order valence-corrected chi connectivity index (χ3v) is 11.5. The Morgan fingerprint density at radius 1 is 0.569 bits per heavy atom. The zero-order chi connectivity index (χ0) is 34.5. The molecule has 1 heterocycles. The molecular formula is C47H40N4. The largest absolute Gasteiger partial charge is 0.208 e. The van der Waals surface area contributed by atoms with Gasteiger partial charge < -0.3 is 0 Å². The summed E-state index contributed by atoms with van der Waals surface area (Å²) in [5.74, 6) is 4.21. The van der Waals surface area contributed by atoms with Gasteiger partial charge in [-0.15, -0.1) is 0 Å². The fourth-order valence-corrected chi connectivity index (χ4v) is 9.68. The molecule has 2 aliphatic carbocycles. The standard InChI is InChI=1S/C47H40N4/c1-30-22-32-23-31(2)27-47(26-30,28-32)39-20-18-34(19-21-39)44-49-45(37-14-8-13-35(24-37)33-10-4-3-5-11-33)51-46(50-44)42-25-36-12-6-7-16-40(36)43-38(29-48)15-9-17-41(42)43/h3-21,24-25,30-32H,22-23,26-28H2,1-2H3/t30-,31+,32-,47?. The zero-order valence-electron chi connectivity index (χ0n) is 29.2. The highest BCUT2D eigenvalue weighted by atomic mass is 15.0. The fraction of sp³-hybridized carbons (Fsp3) is 0.234. The lowest BCUT2D eigenvalue weighted by molar-refractivity contribution is 0.0780. The van der Waals surface area contributed by atoms with Gasteiger partial charge in [0.05, 0.1) is 11.6 Å². The lowest BCUT2D eigenvalue weighted by Gasteiger charge is -2.50. The monoisotopic (exact) mass is 660 g/mol. The molecule has 1 aromatic heterocycles. The van der Waals surface area contributed by atoms with E-state index in [9.17, 15) is 5.26 Å². The highest BCUT2D eigenvalue weighted by Crippen LogP contribution is 2.54. The van der Waals surface area contributed by atoms with E-state index in [1.165, 1.54) is 37.7 Å². The van der Waals surface area contributed by atoms with E-state index >= 15 is 0 Å². The molecule has 0 amide bonds. The van der Waals surface area contributed by atoms with Crippen LogP contribution in [0.4, 0.5) is 0 Å². The second-order valence-corrected chi connectivity index (χ2v) is 15.3. The van der Waals surface area contributed by atoms with Crippen LogP contribution in [0, 0.1) is 29.1 Å². The Hall–Kier alpha value is -5.66. The van der Waals surface area contributed by atoms with Crippen molar-refractivity contribution in [3.05, 3.63) is 139 Å². The Labute approximate surface area is 299 Å². The Balaban J connectivity index is 1.22. The van der Waals surface area contributed by atoms with E-state index in [2.05, 4.69) is 117 Å². The maximum atomic E-state index is 10.2. The van der Waals surface area contributed by atoms with Gasteiger partial charge in [0.1, 0.15) is 0 Å². The summed E-state index contributed by atoms with van der Waals surface area (Å²) in [6.07, 6.45) is 6.57. The minimum atomic E-state index is 0.258. The van der Waals surface area contributed by atoms with Crippen LogP contribution in [0.1, 0.15) is 57.1 Å². The van der Waals surface area contributed by atoms with Crippen molar-refractivity contribution in [2.75, 3.05) is 0 Å². The van der Waals surface area contributed by atoms with E-state index in [4.69, 9.17) is 15.0 Å². The average molecular weight is 661 g/mol. The number of fused-ring (bicyclic) bond motifs is 5. The maximum absolute atomic E-state index is 10.2. The molecule has 248 valence electrons. The predicted molar refractivity (Wildman–Crippen MR) is 208 cm³/mol. The van der Waals surface area contributed by atoms with E-state index in [-0.39, 0.29) is 5.41 Å². The molecule has 4 atom stereocenters. The van der Waals surface area contributed by atoms with Crippen molar-refractivity contribution in [1.82, 2.24) is 15.0 Å². The van der Waals surface area contributed by atoms with Crippen LogP contribution in [0.3, 0.4) is 0 Å². The van der Waals surface area contributed by atoms with E-state index < -0.39 is 0 Å². The number of nitrogens with zero attached hydrogens (tertiary/aromatic N) is 4. The molecule has 1 unspecified atom stereocenters. The van der Waals surface area contributed by atoms with E-state index in [1.807, 2.05) is 30.3 Å². The van der Waals surface area contributed by atoms with Crippen molar-refractivity contribution >= 4 is 21.5 Å². The van der Waals surface area contributed by atoms with Gasteiger partial charge in [0.2, 0.25) is 0 Å². The molecule has 9 rings (SSSR count). The summed E-state index contributed by atoms with van der Waals surface area (Å²) in [5.41, 5.74) is 7.41. The van der Waals surface area contributed by atoms with Crippen LogP contribution >= 0.6 is 0 Å². The van der Waals surface area contributed by atoms with Crippen molar-refractivity contribution < 1.29 is 0 Å². The highest BCUT2D eigenvalue weighted by Gasteiger charge is 2.45. The Morgan fingerprint density at radius 3 is 1.96 bits per heavy atom. The van der Waals surface area contributed by atoms with Gasteiger partial charge in [0, 0.05) is 22.1 Å². The van der Waals surface area contributed by atoms with Crippen molar-refractivity contribution in [3.63, 3.8) is 0 Å². The molecule has 0 spiro atoms. The van der Waals surface area contributed by atoms with E-state index in [0.29, 0.717) is 23.0 Å². The van der Waals surface area contributed by atoms with Crippen LogP contribution in [0.5, 0.6) is 0 Å². The topological polar surface area (TPSA) is 62.5 Å². The van der Waals surface area contributed by atoms with Gasteiger partial charge in [-0.3, -0.25) is 0 Å². The molecular weight excluding hydrogens is 621 g/mol. The van der Waals surface area contributed by atoms with E-state index in [1.54, 1.807) is 0 Å².